The zero-order chi connectivity index (χ0) is 21.7. The van der Waals surface area contributed by atoms with Gasteiger partial charge in [0.25, 0.3) is 10.0 Å². The highest BCUT2D eigenvalue weighted by atomic mass is 32.2. The number of rotatable bonds is 7. The first-order chi connectivity index (χ1) is 15.1. The number of likely N-dealkylation sites (tertiary alicyclic amines) is 1. The number of sulfonamides is 1. The molecule has 1 fully saturated rings. The Balaban J connectivity index is 1.34. The van der Waals surface area contributed by atoms with Crippen LogP contribution in [0.25, 0.3) is 0 Å². The molecule has 1 atom stereocenters. The number of esters is 1. The summed E-state index contributed by atoms with van der Waals surface area (Å²) in [5.74, 6) is 0.102. The third-order valence-corrected chi connectivity index (χ3v) is 6.97. The van der Waals surface area contributed by atoms with Gasteiger partial charge in [-0.05, 0) is 43.6 Å². The summed E-state index contributed by atoms with van der Waals surface area (Å²) in [6.45, 7) is 2.38. The molecule has 1 saturated heterocycles. The molecule has 164 valence electrons. The molecule has 7 nitrogen and oxygen atoms in total. The van der Waals surface area contributed by atoms with Gasteiger partial charge in [-0.2, -0.15) is 0 Å². The summed E-state index contributed by atoms with van der Waals surface area (Å²) >= 11 is 0. The Bertz CT molecular complexity index is 1050. The lowest BCUT2D eigenvalue weighted by Crippen LogP contribution is -2.38. The summed E-state index contributed by atoms with van der Waals surface area (Å²) < 4.78 is 32.4. The molecule has 2 aromatic rings. The average molecular weight is 442 g/mol. The van der Waals surface area contributed by atoms with Crippen molar-refractivity contribution < 1.29 is 17.9 Å². The normalized spacial score (nSPS) is 20.1. The molecule has 0 bridgehead atoms. The molecule has 2 aromatic carbocycles. The molecular weight excluding hydrogens is 414 g/mol. The van der Waals surface area contributed by atoms with Crippen LogP contribution in [0.3, 0.4) is 0 Å². The Morgan fingerprint density at radius 2 is 1.74 bits per heavy atom. The first kappa shape index (κ1) is 21.5. The lowest BCUT2D eigenvalue weighted by molar-refractivity contribution is -0.151. The number of piperidine rings is 1. The van der Waals surface area contributed by atoms with E-state index in [1.54, 1.807) is 24.3 Å². The number of nitrogens with zero attached hydrogens (tertiary/aromatic N) is 2. The maximum Gasteiger partial charge on any atom is 0.328 e. The van der Waals surface area contributed by atoms with Crippen molar-refractivity contribution in [3.8, 4) is 0 Å². The third kappa shape index (κ3) is 4.97. The smallest absolute Gasteiger partial charge is 0.328 e. The van der Waals surface area contributed by atoms with Gasteiger partial charge in [0, 0.05) is 18.5 Å². The lowest BCUT2D eigenvalue weighted by Gasteiger charge is -2.33. The van der Waals surface area contributed by atoms with E-state index in [1.165, 1.54) is 6.42 Å². The van der Waals surface area contributed by atoms with E-state index in [0.29, 0.717) is 24.4 Å². The molecular formula is C23H27N3O4S. The SMILES string of the molecule is O=C(OCCCN=C1NS(=O)(=O)c2ccccc21)[C@@H](c1ccccc1)N1CCCCC1. The summed E-state index contributed by atoms with van der Waals surface area (Å²) in [6, 6.07) is 16.1. The molecule has 0 unspecified atom stereocenters. The second-order valence-corrected chi connectivity index (χ2v) is 9.41. The fourth-order valence-corrected chi connectivity index (χ4v) is 5.32. The van der Waals surface area contributed by atoms with E-state index in [4.69, 9.17) is 4.74 Å². The van der Waals surface area contributed by atoms with Crippen molar-refractivity contribution in [2.75, 3.05) is 26.2 Å². The molecule has 0 amide bonds. The van der Waals surface area contributed by atoms with Crippen LogP contribution in [0.5, 0.6) is 0 Å². The number of carbonyl (C=O) groups excluding carboxylic acids is 1. The molecule has 0 spiro atoms. The van der Waals surface area contributed by atoms with E-state index in [-0.39, 0.29) is 23.5 Å². The second-order valence-electron chi connectivity index (χ2n) is 7.76. The summed E-state index contributed by atoms with van der Waals surface area (Å²) in [4.78, 5) is 19.7. The minimum atomic E-state index is -3.54. The summed E-state index contributed by atoms with van der Waals surface area (Å²) in [6.07, 6.45) is 3.89. The number of benzene rings is 2. The summed E-state index contributed by atoms with van der Waals surface area (Å²) in [5, 5.41) is 0. The zero-order valence-electron chi connectivity index (χ0n) is 17.4. The standard InChI is InChI=1S/C23H27N3O4S/c27-23(21(18-10-3-1-4-11-18)26-15-7-2-8-16-26)30-17-9-14-24-22-19-12-5-6-13-20(19)31(28,29)25-22/h1,3-6,10-13,21H,2,7-9,14-17H2,(H,24,25)/t21-/m1/s1. The molecule has 0 aromatic heterocycles. The minimum Gasteiger partial charge on any atom is -0.464 e. The van der Waals surface area contributed by atoms with Crippen LogP contribution in [-0.4, -0.2) is 51.4 Å². The third-order valence-electron chi connectivity index (χ3n) is 5.57. The van der Waals surface area contributed by atoms with Crippen molar-refractivity contribution in [1.82, 2.24) is 9.62 Å². The van der Waals surface area contributed by atoms with Crippen LogP contribution in [-0.2, 0) is 19.6 Å². The topological polar surface area (TPSA) is 88.1 Å². The number of amidine groups is 1. The monoisotopic (exact) mass is 441 g/mol. The van der Waals surface area contributed by atoms with E-state index in [2.05, 4.69) is 14.6 Å². The number of nitrogens with one attached hydrogen (secondary N) is 1. The minimum absolute atomic E-state index is 0.237. The van der Waals surface area contributed by atoms with Crippen LogP contribution < -0.4 is 4.72 Å². The predicted molar refractivity (Wildman–Crippen MR) is 118 cm³/mol. The van der Waals surface area contributed by atoms with Crippen molar-refractivity contribution >= 4 is 21.8 Å². The average Bonchev–Trinajstić information content (AvgIpc) is 3.05. The highest BCUT2D eigenvalue weighted by molar-refractivity contribution is 7.90. The Kier molecular flexibility index (Phi) is 6.67. The van der Waals surface area contributed by atoms with Crippen molar-refractivity contribution in [3.63, 3.8) is 0 Å². The van der Waals surface area contributed by atoms with Crippen LogP contribution in [0.2, 0.25) is 0 Å². The van der Waals surface area contributed by atoms with Gasteiger partial charge in [-0.1, -0.05) is 48.9 Å². The Morgan fingerprint density at radius 3 is 2.52 bits per heavy atom. The number of hydrogen-bond acceptors (Lipinski definition) is 6. The lowest BCUT2D eigenvalue weighted by atomic mass is 10.0. The molecule has 2 aliphatic heterocycles. The molecule has 4 rings (SSSR count). The molecule has 31 heavy (non-hydrogen) atoms. The maximum atomic E-state index is 12.9. The van der Waals surface area contributed by atoms with Gasteiger partial charge in [0.05, 0.1) is 11.5 Å². The summed E-state index contributed by atoms with van der Waals surface area (Å²) in [7, 11) is -3.54. The molecule has 2 aliphatic rings. The van der Waals surface area contributed by atoms with E-state index < -0.39 is 10.0 Å². The Hall–Kier alpha value is -2.71. The van der Waals surface area contributed by atoms with Crippen molar-refractivity contribution in [2.45, 2.75) is 36.6 Å². The quantitative estimate of drug-likeness (QED) is 0.527. The van der Waals surface area contributed by atoms with E-state index in [9.17, 15) is 13.2 Å². The Morgan fingerprint density at radius 1 is 1.03 bits per heavy atom. The van der Waals surface area contributed by atoms with Crippen molar-refractivity contribution in [3.05, 3.63) is 65.7 Å². The second kappa shape index (κ2) is 9.62. The number of ether oxygens (including phenoxy) is 1. The molecule has 0 aliphatic carbocycles. The van der Waals surface area contributed by atoms with E-state index in [0.717, 1.165) is 31.5 Å². The number of carbonyl (C=O) groups is 1. The maximum absolute atomic E-state index is 12.9. The van der Waals surface area contributed by atoms with Gasteiger partial charge in [0.2, 0.25) is 0 Å². The van der Waals surface area contributed by atoms with E-state index in [1.807, 2.05) is 30.3 Å². The first-order valence-corrected chi connectivity index (χ1v) is 12.2. The van der Waals surface area contributed by atoms with Gasteiger partial charge in [0.1, 0.15) is 11.9 Å². The fourth-order valence-electron chi connectivity index (χ4n) is 4.07. The van der Waals surface area contributed by atoms with Crippen molar-refractivity contribution in [1.29, 1.82) is 0 Å². The Labute approximate surface area is 183 Å². The fraction of sp³-hybridized carbons (Fsp3) is 0.391. The van der Waals surface area contributed by atoms with Gasteiger partial charge < -0.3 is 4.74 Å². The van der Waals surface area contributed by atoms with Crippen LogP contribution >= 0.6 is 0 Å². The van der Waals surface area contributed by atoms with Gasteiger partial charge in [0.15, 0.2) is 0 Å². The predicted octanol–water partition coefficient (Wildman–Crippen LogP) is 2.89. The van der Waals surface area contributed by atoms with Crippen LogP contribution in [0, 0.1) is 0 Å². The van der Waals surface area contributed by atoms with Crippen molar-refractivity contribution in [2.24, 2.45) is 4.99 Å². The van der Waals surface area contributed by atoms with Gasteiger partial charge >= 0.3 is 5.97 Å². The molecule has 0 radical (unpaired) electrons. The molecule has 2 heterocycles. The summed E-state index contributed by atoms with van der Waals surface area (Å²) in [5.41, 5.74) is 1.53. The zero-order valence-corrected chi connectivity index (χ0v) is 18.2. The van der Waals surface area contributed by atoms with Crippen LogP contribution in [0.15, 0.2) is 64.5 Å². The van der Waals surface area contributed by atoms with Crippen LogP contribution in [0.4, 0.5) is 0 Å². The largest absolute Gasteiger partial charge is 0.464 e. The van der Waals surface area contributed by atoms with Gasteiger partial charge in [-0.25, -0.2) is 13.2 Å². The van der Waals surface area contributed by atoms with Crippen LogP contribution in [0.1, 0.15) is 42.9 Å². The first-order valence-electron chi connectivity index (χ1n) is 10.7. The van der Waals surface area contributed by atoms with Gasteiger partial charge in [-0.15, -0.1) is 0 Å². The number of fused-ring (bicyclic) bond motifs is 1. The molecule has 0 saturated carbocycles. The van der Waals surface area contributed by atoms with Gasteiger partial charge in [-0.3, -0.25) is 14.6 Å². The molecule has 8 heteroatoms. The van der Waals surface area contributed by atoms with E-state index >= 15 is 0 Å². The highest BCUT2D eigenvalue weighted by Crippen LogP contribution is 2.26. The highest BCUT2D eigenvalue weighted by Gasteiger charge is 2.31. The number of aliphatic imine (C=N–C) groups is 1. The number of hydrogen-bond donors (Lipinski definition) is 1. The molecule has 1 N–H and O–H groups in total.